The Hall–Kier alpha value is -2.60. The third kappa shape index (κ3) is 5.69. The van der Waals surface area contributed by atoms with Gasteiger partial charge in [-0.05, 0) is 66.8 Å². The quantitative estimate of drug-likeness (QED) is 0.722. The molecule has 0 fully saturated rings. The smallest absolute Gasteiger partial charge is 0.310 e. The molecule has 142 valence electrons. The lowest BCUT2D eigenvalue weighted by atomic mass is 9.93. The minimum atomic E-state index is -1.61. The number of carboxylic acid groups (broad SMARTS) is 1. The maximum atomic E-state index is 13.6. The second-order valence-corrected chi connectivity index (χ2v) is 7.77. The van der Waals surface area contributed by atoms with Gasteiger partial charge in [0.15, 0.2) is 5.78 Å². The molecule has 0 spiro atoms. The lowest BCUT2D eigenvalue weighted by Crippen LogP contribution is -2.13. The van der Waals surface area contributed by atoms with Gasteiger partial charge in [-0.25, -0.2) is 4.39 Å². The van der Waals surface area contributed by atoms with Crippen molar-refractivity contribution in [3.8, 4) is 11.1 Å². The molecule has 6 heteroatoms. The summed E-state index contributed by atoms with van der Waals surface area (Å²) in [6.07, 6.45) is 1.04. The van der Waals surface area contributed by atoms with Gasteiger partial charge in [-0.2, -0.15) is 0 Å². The summed E-state index contributed by atoms with van der Waals surface area (Å²) in [6, 6.07) is 8.82. The van der Waals surface area contributed by atoms with Crippen LogP contribution in [0.25, 0.3) is 17.2 Å². The molecule has 2 rings (SSSR count). The average molecular weight is 388 g/mol. The Morgan fingerprint density at radius 3 is 2.44 bits per heavy atom. The topological polar surface area (TPSA) is 71.4 Å². The molecule has 0 aliphatic heterocycles. The van der Waals surface area contributed by atoms with Gasteiger partial charge in [0.2, 0.25) is 0 Å². The number of rotatable bonds is 7. The molecule has 0 saturated carbocycles. The van der Waals surface area contributed by atoms with E-state index in [1.54, 1.807) is 25.1 Å². The fraction of sp³-hybridized carbons (Fsp3) is 0.238. The third-order valence-corrected chi connectivity index (χ3v) is 5.08. The maximum Gasteiger partial charge on any atom is 0.310 e. The Kier molecular flexibility index (Phi) is 6.80. The van der Waals surface area contributed by atoms with Crippen molar-refractivity contribution >= 4 is 28.6 Å². The zero-order valence-electron chi connectivity index (χ0n) is 15.4. The molecule has 0 aliphatic carbocycles. The number of hydrogen-bond donors (Lipinski definition) is 1. The highest BCUT2D eigenvalue weighted by Crippen LogP contribution is 2.30. The zero-order valence-corrected chi connectivity index (χ0v) is 16.2. The van der Waals surface area contributed by atoms with Gasteiger partial charge in [0.1, 0.15) is 12.2 Å². The van der Waals surface area contributed by atoms with Gasteiger partial charge in [0, 0.05) is 5.41 Å². The normalized spacial score (nSPS) is 12.3. The van der Waals surface area contributed by atoms with E-state index in [2.05, 4.69) is 0 Å². The maximum absolute atomic E-state index is 13.6. The number of halogens is 1. The van der Waals surface area contributed by atoms with Crippen LogP contribution in [0.5, 0.6) is 0 Å². The van der Waals surface area contributed by atoms with Gasteiger partial charge in [0.05, 0.1) is 16.6 Å². The van der Waals surface area contributed by atoms with E-state index in [4.69, 9.17) is 5.11 Å². The van der Waals surface area contributed by atoms with E-state index in [1.807, 2.05) is 26.0 Å². The molecule has 0 bridgehead atoms. The highest BCUT2D eigenvalue weighted by atomic mass is 32.2. The van der Waals surface area contributed by atoms with Crippen LogP contribution in [0.1, 0.15) is 28.7 Å². The van der Waals surface area contributed by atoms with E-state index in [9.17, 15) is 18.2 Å². The van der Waals surface area contributed by atoms with Gasteiger partial charge in [-0.1, -0.05) is 23.8 Å². The molecule has 27 heavy (non-hydrogen) atoms. The van der Waals surface area contributed by atoms with Crippen LogP contribution < -0.4 is 0 Å². The summed E-state index contributed by atoms with van der Waals surface area (Å²) in [7, 11) is -1.61. The molecule has 0 aromatic heterocycles. The Labute approximate surface area is 160 Å². The highest BCUT2D eigenvalue weighted by molar-refractivity contribution is 7.88. The summed E-state index contributed by atoms with van der Waals surface area (Å²) >= 11 is 0. The average Bonchev–Trinajstić information content (AvgIpc) is 2.55. The zero-order chi connectivity index (χ0) is 20.1. The van der Waals surface area contributed by atoms with Crippen LogP contribution in [-0.4, -0.2) is 26.8 Å². The Bertz CT molecular complexity index is 947. The van der Waals surface area contributed by atoms with Gasteiger partial charge >= 0.3 is 5.97 Å². The standard InChI is InChI=1S/C21H21FO4S/c1-13-8-14(2)18(6-7-27(26)12-17(23)11-21(24)25)19(9-13)16-4-5-20(22)15(3)10-16/h4-10H,11-12H2,1-3H3,(H,24,25). The first-order chi connectivity index (χ1) is 12.7. The van der Waals surface area contributed by atoms with Crippen molar-refractivity contribution in [3.05, 3.63) is 63.8 Å². The van der Waals surface area contributed by atoms with Crippen LogP contribution in [-0.2, 0) is 20.4 Å². The highest BCUT2D eigenvalue weighted by Gasteiger charge is 2.12. The monoisotopic (exact) mass is 388 g/mol. The number of aryl methyl sites for hydroxylation is 3. The van der Waals surface area contributed by atoms with Gasteiger partial charge < -0.3 is 5.11 Å². The Morgan fingerprint density at radius 1 is 1.11 bits per heavy atom. The number of Topliss-reactive ketones (excluding diaryl/α,β-unsaturated/α-hetero) is 1. The molecule has 0 radical (unpaired) electrons. The van der Waals surface area contributed by atoms with E-state index in [0.29, 0.717) is 5.56 Å². The molecule has 4 nitrogen and oxygen atoms in total. The molecule has 0 saturated heterocycles. The molecule has 2 aromatic rings. The Balaban J connectivity index is 2.36. The largest absolute Gasteiger partial charge is 0.481 e. The molecular formula is C21H21FO4S. The number of carbonyl (C=O) groups excluding carboxylic acids is 1. The summed E-state index contributed by atoms with van der Waals surface area (Å²) in [5.74, 6) is -2.43. The SMILES string of the molecule is Cc1cc(C)c(C=CS(=O)CC(=O)CC(=O)O)c(-c2ccc(F)c(C)c2)c1. The number of hydrogen-bond acceptors (Lipinski definition) is 3. The van der Waals surface area contributed by atoms with Crippen LogP contribution in [0.2, 0.25) is 0 Å². The van der Waals surface area contributed by atoms with Crippen molar-refractivity contribution in [2.75, 3.05) is 5.75 Å². The number of carbonyl (C=O) groups is 2. The van der Waals surface area contributed by atoms with Crippen LogP contribution in [0.3, 0.4) is 0 Å². The van der Waals surface area contributed by atoms with E-state index >= 15 is 0 Å². The number of benzene rings is 2. The minimum Gasteiger partial charge on any atom is -0.481 e. The molecule has 0 amide bonds. The van der Waals surface area contributed by atoms with Crippen LogP contribution in [0.15, 0.2) is 35.7 Å². The van der Waals surface area contributed by atoms with Crippen molar-refractivity contribution in [1.82, 2.24) is 0 Å². The van der Waals surface area contributed by atoms with E-state index < -0.39 is 29.0 Å². The minimum absolute atomic E-state index is 0.279. The predicted molar refractivity (Wildman–Crippen MR) is 105 cm³/mol. The predicted octanol–water partition coefficient (Wildman–Crippen LogP) is 4.18. The van der Waals surface area contributed by atoms with E-state index in [0.717, 1.165) is 27.8 Å². The summed E-state index contributed by atoms with van der Waals surface area (Å²) < 4.78 is 25.7. The van der Waals surface area contributed by atoms with E-state index in [-0.39, 0.29) is 11.6 Å². The number of aliphatic carboxylic acids is 1. The third-order valence-electron chi connectivity index (χ3n) is 4.04. The fourth-order valence-corrected chi connectivity index (χ4v) is 3.62. The van der Waals surface area contributed by atoms with Crippen LogP contribution in [0.4, 0.5) is 4.39 Å². The lowest BCUT2D eigenvalue weighted by Gasteiger charge is -2.12. The molecule has 1 atom stereocenters. The molecule has 0 heterocycles. The molecule has 1 N–H and O–H groups in total. The van der Waals surface area contributed by atoms with Crippen molar-refractivity contribution in [2.24, 2.45) is 0 Å². The van der Waals surface area contributed by atoms with Crippen molar-refractivity contribution < 1.29 is 23.3 Å². The van der Waals surface area contributed by atoms with Crippen molar-refractivity contribution in [1.29, 1.82) is 0 Å². The number of ketones is 1. The van der Waals surface area contributed by atoms with Gasteiger partial charge in [-0.3, -0.25) is 13.8 Å². The summed E-state index contributed by atoms with van der Waals surface area (Å²) in [5.41, 5.74) is 5.07. The molecular weight excluding hydrogens is 367 g/mol. The fourth-order valence-electron chi connectivity index (χ4n) is 2.82. The van der Waals surface area contributed by atoms with Gasteiger partial charge in [0.25, 0.3) is 0 Å². The van der Waals surface area contributed by atoms with Crippen molar-refractivity contribution in [3.63, 3.8) is 0 Å². The first-order valence-corrected chi connectivity index (χ1v) is 9.72. The molecule has 0 aliphatic rings. The second kappa shape index (κ2) is 8.86. The molecule has 2 aromatic carbocycles. The Morgan fingerprint density at radius 2 is 1.81 bits per heavy atom. The van der Waals surface area contributed by atoms with Crippen molar-refractivity contribution in [2.45, 2.75) is 27.2 Å². The van der Waals surface area contributed by atoms with Crippen LogP contribution in [0, 0.1) is 26.6 Å². The molecule has 1 unspecified atom stereocenters. The lowest BCUT2D eigenvalue weighted by molar-refractivity contribution is -0.139. The summed E-state index contributed by atoms with van der Waals surface area (Å²) in [5, 5.41) is 10.0. The van der Waals surface area contributed by atoms with Crippen LogP contribution >= 0.6 is 0 Å². The summed E-state index contributed by atoms with van der Waals surface area (Å²) in [6.45, 7) is 5.58. The summed E-state index contributed by atoms with van der Waals surface area (Å²) in [4.78, 5) is 22.0. The van der Waals surface area contributed by atoms with E-state index in [1.165, 1.54) is 11.5 Å². The second-order valence-electron chi connectivity index (χ2n) is 6.44. The number of carboxylic acids is 1. The first-order valence-electron chi connectivity index (χ1n) is 8.34. The van der Waals surface area contributed by atoms with Gasteiger partial charge in [-0.15, -0.1) is 0 Å². The first kappa shape index (κ1) is 20.7.